The first-order chi connectivity index (χ1) is 13.2. The maximum absolute atomic E-state index is 12.7. The Kier molecular flexibility index (Phi) is 3.39. The molecule has 1 aliphatic carbocycles. The van der Waals surface area contributed by atoms with Crippen molar-refractivity contribution < 1.29 is 9.53 Å². The van der Waals surface area contributed by atoms with Gasteiger partial charge >= 0.3 is 0 Å². The van der Waals surface area contributed by atoms with Crippen LogP contribution in [0.3, 0.4) is 0 Å². The number of dihydropyridines is 1. The number of carbonyl (C=O) groups is 1. The summed E-state index contributed by atoms with van der Waals surface area (Å²) in [4.78, 5) is 21.8. The van der Waals surface area contributed by atoms with Crippen LogP contribution < -0.4 is 0 Å². The van der Waals surface area contributed by atoms with E-state index in [0.29, 0.717) is 6.42 Å². The molecular weight excluding hydrogens is 336 g/mol. The molecule has 0 radical (unpaired) electrons. The molecule has 3 aliphatic rings. The summed E-state index contributed by atoms with van der Waals surface area (Å²) < 4.78 is 6.83. The van der Waals surface area contributed by atoms with Gasteiger partial charge in [-0.1, -0.05) is 54.6 Å². The number of aldehydes is 1. The van der Waals surface area contributed by atoms with Crippen LogP contribution in [-0.2, 0) is 26.3 Å². The van der Waals surface area contributed by atoms with Gasteiger partial charge in [-0.05, 0) is 23.8 Å². The average Bonchev–Trinajstić information content (AvgIpc) is 2.75. The molecule has 132 valence electrons. The van der Waals surface area contributed by atoms with Crippen LogP contribution in [0.25, 0.3) is 0 Å². The van der Waals surface area contributed by atoms with E-state index in [1.165, 1.54) is 0 Å². The van der Waals surface area contributed by atoms with Crippen molar-refractivity contribution in [2.24, 2.45) is 4.99 Å². The molecule has 4 nitrogen and oxygen atoms in total. The Morgan fingerprint density at radius 2 is 1.78 bits per heavy atom. The van der Waals surface area contributed by atoms with E-state index in [1.807, 2.05) is 66.8 Å². The molecule has 5 rings (SSSR count). The number of ether oxygens (including phenoxy) is 1. The van der Waals surface area contributed by atoms with Gasteiger partial charge in [0.05, 0.1) is 0 Å². The topological polar surface area (TPSA) is 51.5 Å². The van der Waals surface area contributed by atoms with Crippen molar-refractivity contribution in [3.8, 4) is 0 Å². The molecule has 27 heavy (non-hydrogen) atoms. The van der Waals surface area contributed by atoms with Crippen LogP contribution in [0.4, 0.5) is 0 Å². The lowest BCUT2D eigenvalue weighted by atomic mass is 9.62. The van der Waals surface area contributed by atoms with E-state index in [9.17, 15) is 4.79 Å². The van der Waals surface area contributed by atoms with Gasteiger partial charge in [-0.3, -0.25) is 9.98 Å². The van der Waals surface area contributed by atoms with Crippen molar-refractivity contribution in [1.29, 1.82) is 0 Å². The zero-order valence-corrected chi connectivity index (χ0v) is 14.7. The fraction of sp³-hybridized carbons (Fsp3) is 0.174. The molecular formula is C23H18N2O2. The minimum absolute atomic E-state index is 0.595. The Hall–Kier alpha value is -3.11. The molecule has 1 aromatic heterocycles. The number of aliphatic imine (C=N–C) groups is 1. The Balaban J connectivity index is 1.81. The summed E-state index contributed by atoms with van der Waals surface area (Å²) in [7, 11) is 0. The van der Waals surface area contributed by atoms with Crippen LogP contribution in [0.5, 0.6) is 0 Å². The maximum Gasteiger partial charge on any atom is 0.191 e. The van der Waals surface area contributed by atoms with Crippen molar-refractivity contribution in [2.75, 3.05) is 0 Å². The summed E-state index contributed by atoms with van der Waals surface area (Å²) in [6.45, 7) is 0. The van der Waals surface area contributed by atoms with E-state index in [-0.39, 0.29) is 0 Å². The molecule has 3 heterocycles. The Morgan fingerprint density at radius 3 is 2.56 bits per heavy atom. The van der Waals surface area contributed by atoms with Crippen molar-refractivity contribution in [2.45, 2.75) is 23.2 Å². The van der Waals surface area contributed by atoms with Gasteiger partial charge < -0.3 is 9.53 Å². The van der Waals surface area contributed by atoms with E-state index in [2.05, 4.69) is 16.0 Å². The lowest BCUT2D eigenvalue weighted by Crippen LogP contribution is -2.56. The summed E-state index contributed by atoms with van der Waals surface area (Å²) in [5, 5.41) is 0. The van der Waals surface area contributed by atoms with Crippen LogP contribution in [0.15, 0.2) is 90.2 Å². The maximum atomic E-state index is 12.7. The van der Waals surface area contributed by atoms with E-state index in [0.717, 1.165) is 23.0 Å². The number of hydrogen-bond acceptors (Lipinski definition) is 4. The molecule has 0 N–H and O–H groups in total. The third-order valence-corrected chi connectivity index (χ3v) is 5.70. The Labute approximate surface area is 157 Å². The highest BCUT2D eigenvalue weighted by Crippen LogP contribution is 2.55. The third kappa shape index (κ3) is 2.04. The first-order valence-electron chi connectivity index (χ1n) is 9.00. The van der Waals surface area contributed by atoms with Gasteiger partial charge in [0.25, 0.3) is 0 Å². The second-order valence-corrected chi connectivity index (χ2v) is 7.07. The second kappa shape index (κ2) is 5.69. The van der Waals surface area contributed by atoms with E-state index in [1.54, 1.807) is 18.6 Å². The molecule has 0 saturated heterocycles. The van der Waals surface area contributed by atoms with Crippen LogP contribution in [-0.4, -0.2) is 17.5 Å². The molecule has 2 aliphatic heterocycles. The van der Waals surface area contributed by atoms with Crippen LogP contribution in [0, 0.1) is 0 Å². The summed E-state index contributed by atoms with van der Waals surface area (Å²) in [6.07, 6.45) is 18.6. The standard InChI is InChI=1S/C23H18N2O2/c26-17-21(18-8-2-1-3-9-18)10-4-5-11-22(21)19-14-20(16-24-15-19)23(27-22)12-6-7-13-25-23/h1-11,13-17H,12H2. The van der Waals surface area contributed by atoms with Gasteiger partial charge in [0.2, 0.25) is 0 Å². The van der Waals surface area contributed by atoms with Crippen LogP contribution in [0.2, 0.25) is 0 Å². The Bertz CT molecular complexity index is 1020. The molecule has 2 bridgehead atoms. The van der Waals surface area contributed by atoms with Crippen molar-refractivity contribution in [3.63, 3.8) is 0 Å². The number of carbonyl (C=O) groups excluding carboxylic acids is 1. The molecule has 2 spiro atoms. The van der Waals surface area contributed by atoms with Gasteiger partial charge in [0.1, 0.15) is 17.3 Å². The minimum atomic E-state index is -1.02. The van der Waals surface area contributed by atoms with Crippen molar-refractivity contribution in [1.82, 2.24) is 4.98 Å². The lowest BCUT2D eigenvalue weighted by Gasteiger charge is -2.52. The fourth-order valence-corrected chi connectivity index (χ4v) is 4.34. The molecule has 1 aromatic carbocycles. The van der Waals surface area contributed by atoms with Crippen LogP contribution >= 0.6 is 0 Å². The zero-order chi connectivity index (χ0) is 18.4. The smallest absolute Gasteiger partial charge is 0.191 e. The number of aromatic nitrogens is 1. The Morgan fingerprint density at radius 1 is 0.963 bits per heavy atom. The van der Waals surface area contributed by atoms with Gasteiger partial charge in [0.15, 0.2) is 5.72 Å². The number of pyridine rings is 1. The predicted molar refractivity (Wildman–Crippen MR) is 103 cm³/mol. The fourth-order valence-electron chi connectivity index (χ4n) is 4.34. The van der Waals surface area contributed by atoms with Gasteiger partial charge in [-0.15, -0.1) is 0 Å². The molecule has 0 saturated carbocycles. The number of nitrogens with zero attached hydrogens (tertiary/aromatic N) is 2. The first-order valence-corrected chi connectivity index (χ1v) is 9.00. The summed E-state index contributed by atoms with van der Waals surface area (Å²) in [6, 6.07) is 11.8. The second-order valence-electron chi connectivity index (χ2n) is 7.07. The van der Waals surface area contributed by atoms with Crippen molar-refractivity contribution in [3.05, 3.63) is 102 Å². The monoisotopic (exact) mass is 354 g/mol. The van der Waals surface area contributed by atoms with Gasteiger partial charge in [0, 0.05) is 36.2 Å². The van der Waals surface area contributed by atoms with Crippen LogP contribution in [0.1, 0.15) is 23.1 Å². The van der Waals surface area contributed by atoms with Gasteiger partial charge in [-0.25, -0.2) is 0 Å². The largest absolute Gasteiger partial charge is 0.332 e. The van der Waals surface area contributed by atoms with Gasteiger partial charge in [-0.2, -0.15) is 0 Å². The molecule has 3 unspecified atom stereocenters. The van der Waals surface area contributed by atoms with E-state index in [4.69, 9.17) is 4.74 Å². The molecule has 2 aromatic rings. The number of allylic oxidation sites excluding steroid dienone is 3. The highest BCUT2D eigenvalue weighted by atomic mass is 16.5. The first kappa shape index (κ1) is 16.1. The summed E-state index contributed by atoms with van der Waals surface area (Å²) >= 11 is 0. The van der Waals surface area contributed by atoms with Crippen molar-refractivity contribution >= 4 is 12.5 Å². The highest BCUT2D eigenvalue weighted by molar-refractivity contribution is 5.78. The minimum Gasteiger partial charge on any atom is -0.332 e. The normalized spacial score (nSPS) is 32.9. The lowest BCUT2D eigenvalue weighted by molar-refractivity contribution is -0.174. The summed E-state index contributed by atoms with van der Waals surface area (Å²) in [5.74, 6) is 0. The molecule has 0 fully saturated rings. The quantitative estimate of drug-likeness (QED) is 0.772. The molecule has 0 amide bonds. The van der Waals surface area contributed by atoms with E-state index < -0.39 is 16.7 Å². The predicted octanol–water partition coefficient (Wildman–Crippen LogP) is 3.75. The SMILES string of the molecule is O=CC1(c2ccccc2)C=CC=CC12OC1(CC=CC=N1)c1cncc2c1. The van der Waals surface area contributed by atoms with E-state index >= 15 is 0 Å². The zero-order valence-electron chi connectivity index (χ0n) is 14.7. The average molecular weight is 354 g/mol. The number of rotatable bonds is 2. The number of benzene rings is 1. The highest BCUT2D eigenvalue weighted by Gasteiger charge is 2.59. The molecule has 3 atom stereocenters. The number of fused-ring (bicyclic) bond motifs is 4. The third-order valence-electron chi connectivity index (χ3n) is 5.70. The summed E-state index contributed by atoms with van der Waals surface area (Å²) in [5.41, 5.74) is -0.274. The number of hydrogen-bond donors (Lipinski definition) is 0. The molecule has 4 heteroatoms.